The van der Waals surface area contributed by atoms with Crippen LogP contribution >= 0.6 is 34.3 Å². The molecule has 104 valence electrons. The number of rotatable bonds is 6. The van der Waals surface area contributed by atoms with E-state index in [-0.39, 0.29) is 6.04 Å². The molecule has 2 rings (SSSR count). The van der Waals surface area contributed by atoms with E-state index in [0.29, 0.717) is 12.0 Å². The molecule has 2 aromatic heterocycles. The summed E-state index contributed by atoms with van der Waals surface area (Å²) < 4.78 is 0.856. The summed E-state index contributed by atoms with van der Waals surface area (Å²) in [5.74, 6) is 0.665. The van der Waals surface area contributed by atoms with Crippen molar-refractivity contribution in [1.29, 1.82) is 0 Å². The van der Waals surface area contributed by atoms with Gasteiger partial charge < -0.3 is 5.32 Å². The van der Waals surface area contributed by atoms with Crippen LogP contribution in [0.4, 0.5) is 0 Å². The molecule has 2 aromatic rings. The highest BCUT2D eigenvalue weighted by molar-refractivity contribution is 7.16. The quantitative estimate of drug-likeness (QED) is 0.734. The SMILES string of the molecule is CCC(C)C(C)NC(c1cccs1)c1ccc(Cl)s1. The molecule has 1 nitrogen and oxygen atoms in total. The lowest BCUT2D eigenvalue weighted by Crippen LogP contribution is -2.35. The van der Waals surface area contributed by atoms with Crippen LogP contribution in [0.25, 0.3) is 0 Å². The standard InChI is InChI=1S/C15H20ClNS2/c1-4-10(2)11(3)17-15(12-6-5-9-18-12)13-7-8-14(16)19-13/h5-11,15,17H,4H2,1-3H3. The van der Waals surface area contributed by atoms with Gasteiger partial charge in [-0.2, -0.15) is 0 Å². The zero-order valence-electron chi connectivity index (χ0n) is 11.5. The summed E-state index contributed by atoms with van der Waals surface area (Å²) in [6.07, 6.45) is 1.19. The summed E-state index contributed by atoms with van der Waals surface area (Å²) in [7, 11) is 0. The predicted molar refractivity (Wildman–Crippen MR) is 87.5 cm³/mol. The van der Waals surface area contributed by atoms with Crippen LogP contribution in [0.2, 0.25) is 4.34 Å². The van der Waals surface area contributed by atoms with Gasteiger partial charge in [0, 0.05) is 15.8 Å². The fourth-order valence-electron chi connectivity index (χ4n) is 2.02. The first-order valence-electron chi connectivity index (χ1n) is 6.66. The van der Waals surface area contributed by atoms with Crippen molar-refractivity contribution >= 4 is 34.3 Å². The minimum Gasteiger partial charge on any atom is -0.302 e. The Morgan fingerprint density at radius 1 is 1.21 bits per heavy atom. The third kappa shape index (κ3) is 3.82. The zero-order valence-corrected chi connectivity index (χ0v) is 13.9. The normalized spacial score (nSPS) is 16.2. The molecule has 0 spiro atoms. The van der Waals surface area contributed by atoms with Gasteiger partial charge in [0.1, 0.15) is 0 Å². The largest absolute Gasteiger partial charge is 0.302 e. The molecule has 4 heteroatoms. The first-order chi connectivity index (χ1) is 9.11. The Balaban J connectivity index is 2.21. The Bertz CT molecular complexity index is 492. The van der Waals surface area contributed by atoms with E-state index in [4.69, 9.17) is 11.6 Å². The molecule has 0 bridgehead atoms. The highest BCUT2D eigenvalue weighted by Crippen LogP contribution is 2.33. The van der Waals surface area contributed by atoms with Gasteiger partial charge in [-0.05, 0) is 36.4 Å². The Morgan fingerprint density at radius 2 is 2.00 bits per heavy atom. The van der Waals surface area contributed by atoms with Crippen LogP contribution in [0.1, 0.15) is 43.0 Å². The van der Waals surface area contributed by atoms with Crippen LogP contribution in [-0.4, -0.2) is 6.04 Å². The van der Waals surface area contributed by atoms with Crippen LogP contribution in [-0.2, 0) is 0 Å². The Labute approximate surface area is 128 Å². The Morgan fingerprint density at radius 3 is 2.53 bits per heavy atom. The maximum Gasteiger partial charge on any atom is 0.0931 e. The van der Waals surface area contributed by atoms with Gasteiger partial charge >= 0.3 is 0 Å². The predicted octanol–water partition coefficient (Wildman–Crippen LogP) is 5.58. The monoisotopic (exact) mass is 313 g/mol. The van der Waals surface area contributed by atoms with Crippen molar-refractivity contribution in [2.45, 2.75) is 39.3 Å². The molecule has 0 aliphatic carbocycles. The van der Waals surface area contributed by atoms with Gasteiger partial charge in [0.25, 0.3) is 0 Å². The molecule has 0 saturated heterocycles. The van der Waals surface area contributed by atoms with Gasteiger partial charge in [0.2, 0.25) is 0 Å². The van der Waals surface area contributed by atoms with Gasteiger partial charge in [0.05, 0.1) is 10.4 Å². The molecule has 19 heavy (non-hydrogen) atoms. The van der Waals surface area contributed by atoms with Gasteiger partial charge in [0.15, 0.2) is 0 Å². The summed E-state index contributed by atoms with van der Waals surface area (Å²) in [5.41, 5.74) is 0. The van der Waals surface area contributed by atoms with Gasteiger partial charge in [-0.3, -0.25) is 0 Å². The van der Waals surface area contributed by atoms with Crippen molar-refractivity contribution in [2.24, 2.45) is 5.92 Å². The molecule has 1 N–H and O–H groups in total. The third-order valence-electron chi connectivity index (χ3n) is 3.63. The number of hydrogen-bond acceptors (Lipinski definition) is 3. The Hall–Kier alpha value is -0.350. The third-order valence-corrected chi connectivity index (χ3v) is 5.87. The molecule has 0 radical (unpaired) electrons. The topological polar surface area (TPSA) is 12.0 Å². The highest BCUT2D eigenvalue weighted by Gasteiger charge is 2.21. The summed E-state index contributed by atoms with van der Waals surface area (Å²) >= 11 is 9.55. The minimum absolute atomic E-state index is 0.265. The lowest BCUT2D eigenvalue weighted by molar-refractivity contribution is 0.372. The smallest absolute Gasteiger partial charge is 0.0931 e. The van der Waals surface area contributed by atoms with E-state index >= 15 is 0 Å². The average molecular weight is 314 g/mol. The zero-order chi connectivity index (χ0) is 13.8. The molecule has 0 aliphatic rings. The summed E-state index contributed by atoms with van der Waals surface area (Å²) in [4.78, 5) is 2.65. The number of halogens is 1. The van der Waals surface area contributed by atoms with Crippen molar-refractivity contribution in [3.63, 3.8) is 0 Å². The summed E-state index contributed by atoms with van der Waals surface area (Å²) in [6.45, 7) is 6.81. The highest BCUT2D eigenvalue weighted by atomic mass is 35.5. The first-order valence-corrected chi connectivity index (χ1v) is 8.74. The molecule has 0 amide bonds. The van der Waals surface area contributed by atoms with E-state index in [9.17, 15) is 0 Å². The van der Waals surface area contributed by atoms with Crippen molar-refractivity contribution in [3.8, 4) is 0 Å². The van der Waals surface area contributed by atoms with Crippen molar-refractivity contribution in [2.75, 3.05) is 0 Å². The molecule has 0 aliphatic heterocycles. The van der Waals surface area contributed by atoms with Crippen LogP contribution in [0.5, 0.6) is 0 Å². The first kappa shape index (κ1) is 15.0. The lowest BCUT2D eigenvalue weighted by Gasteiger charge is -2.25. The second-order valence-corrected chi connectivity index (χ2v) is 7.66. The minimum atomic E-state index is 0.265. The summed E-state index contributed by atoms with van der Waals surface area (Å²) in [6, 6.07) is 9.17. The van der Waals surface area contributed by atoms with Crippen LogP contribution in [0, 0.1) is 5.92 Å². The fraction of sp³-hybridized carbons (Fsp3) is 0.467. The van der Waals surface area contributed by atoms with Crippen molar-refractivity contribution < 1.29 is 0 Å². The molecular weight excluding hydrogens is 294 g/mol. The average Bonchev–Trinajstić information content (AvgIpc) is 3.06. The second-order valence-electron chi connectivity index (χ2n) is 4.93. The molecule has 3 atom stereocenters. The van der Waals surface area contributed by atoms with Crippen LogP contribution < -0.4 is 5.32 Å². The fourth-order valence-corrected chi connectivity index (χ4v) is 4.04. The van der Waals surface area contributed by atoms with Crippen LogP contribution in [0.3, 0.4) is 0 Å². The van der Waals surface area contributed by atoms with E-state index in [1.165, 1.54) is 16.2 Å². The van der Waals surface area contributed by atoms with Gasteiger partial charge in [-0.1, -0.05) is 37.9 Å². The molecular formula is C15H20ClNS2. The Kier molecular flexibility index (Phi) is 5.46. The van der Waals surface area contributed by atoms with Crippen molar-refractivity contribution in [1.82, 2.24) is 5.32 Å². The van der Waals surface area contributed by atoms with E-state index in [1.54, 1.807) is 22.7 Å². The number of hydrogen-bond donors (Lipinski definition) is 1. The molecule has 0 fully saturated rings. The van der Waals surface area contributed by atoms with Crippen LogP contribution in [0.15, 0.2) is 29.6 Å². The maximum absolute atomic E-state index is 6.09. The van der Waals surface area contributed by atoms with Crippen molar-refractivity contribution in [3.05, 3.63) is 43.7 Å². The van der Waals surface area contributed by atoms with Gasteiger partial charge in [-0.25, -0.2) is 0 Å². The maximum atomic E-state index is 6.09. The van der Waals surface area contributed by atoms with E-state index in [2.05, 4.69) is 49.7 Å². The van der Waals surface area contributed by atoms with E-state index in [1.807, 2.05) is 6.07 Å². The van der Waals surface area contributed by atoms with E-state index < -0.39 is 0 Å². The lowest BCUT2D eigenvalue weighted by atomic mass is 9.99. The number of thiophene rings is 2. The van der Waals surface area contributed by atoms with Gasteiger partial charge in [-0.15, -0.1) is 22.7 Å². The summed E-state index contributed by atoms with van der Waals surface area (Å²) in [5, 5.41) is 5.89. The molecule has 0 aromatic carbocycles. The molecule has 0 saturated carbocycles. The second kappa shape index (κ2) is 6.89. The molecule has 2 heterocycles. The molecule has 3 unspecified atom stereocenters. The van der Waals surface area contributed by atoms with E-state index in [0.717, 1.165) is 4.34 Å². The number of nitrogens with one attached hydrogen (secondary N) is 1.